The maximum absolute atomic E-state index is 12.8. The van der Waals surface area contributed by atoms with E-state index >= 15 is 0 Å². The van der Waals surface area contributed by atoms with E-state index in [1.54, 1.807) is 6.20 Å². The fourth-order valence-electron chi connectivity index (χ4n) is 5.57. The zero-order valence-corrected chi connectivity index (χ0v) is 21.4. The van der Waals surface area contributed by atoms with E-state index in [4.69, 9.17) is 0 Å². The third kappa shape index (κ3) is 5.87. The van der Waals surface area contributed by atoms with Crippen LogP contribution >= 0.6 is 0 Å². The number of hydrogen-bond acceptors (Lipinski definition) is 1. The lowest BCUT2D eigenvalue weighted by Gasteiger charge is -2.28. The number of hydrogen-bond donors (Lipinski definition) is 3. The SMILES string of the molecule is CCC[C@H]1CC[C@H](c2ccc(-c3ccc4[nH]cc(NC(=O)Nc5ccc(C(F)(F)F)cc5)c4c3)cc2)CC1. The molecule has 4 aromatic rings. The van der Waals surface area contributed by atoms with Crippen LogP contribution in [0.4, 0.5) is 29.3 Å². The van der Waals surface area contributed by atoms with Gasteiger partial charge in [-0.2, -0.15) is 13.2 Å². The van der Waals surface area contributed by atoms with E-state index in [1.807, 2.05) is 12.1 Å². The smallest absolute Gasteiger partial charge is 0.359 e. The van der Waals surface area contributed by atoms with Crippen LogP contribution in [0.25, 0.3) is 22.0 Å². The molecule has 5 rings (SSSR count). The van der Waals surface area contributed by atoms with Crippen molar-refractivity contribution in [1.82, 2.24) is 4.98 Å². The van der Waals surface area contributed by atoms with Crippen LogP contribution in [0, 0.1) is 5.92 Å². The molecule has 4 nitrogen and oxygen atoms in total. The first-order valence-corrected chi connectivity index (χ1v) is 13.3. The first-order chi connectivity index (χ1) is 18.3. The van der Waals surface area contributed by atoms with Gasteiger partial charge in [0, 0.05) is 22.8 Å². The van der Waals surface area contributed by atoms with Crippen LogP contribution in [-0.4, -0.2) is 11.0 Å². The number of fused-ring (bicyclic) bond motifs is 1. The number of urea groups is 1. The van der Waals surface area contributed by atoms with Crippen molar-refractivity contribution in [3.05, 3.63) is 84.1 Å². The van der Waals surface area contributed by atoms with Crippen molar-refractivity contribution in [2.45, 2.75) is 57.5 Å². The van der Waals surface area contributed by atoms with Gasteiger partial charge in [-0.3, -0.25) is 0 Å². The van der Waals surface area contributed by atoms with Crippen molar-refractivity contribution in [3.8, 4) is 11.1 Å². The number of anilines is 2. The first-order valence-electron chi connectivity index (χ1n) is 13.3. The summed E-state index contributed by atoms with van der Waals surface area (Å²) in [6, 6.07) is 18.7. The van der Waals surface area contributed by atoms with Crippen LogP contribution in [0.2, 0.25) is 0 Å². The predicted molar refractivity (Wildman–Crippen MR) is 147 cm³/mol. The van der Waals surface area contributed by atoms with E-state index < -0.39 is 17.8 Å². The maximum atomic E-state index is 12.8. The number of halogens is 3. The summed E-state index contributed by atoms with van der Waals surface area (Å²) >= 11 is 0. The van der Waals surface area contributed by atoms with Gasteiger partial charge in [0.15, 0.2) is 0 Å². The molecule has 3 N–H and O–H groups in total. The van der Waals surface area contributed by atoms with E-state index in [0.717, 1.165) is 40.1 Å². The van der Waals surface area contributed by atoms with Crippen molar-refractivity contribution in [3.63, 3.8) is 0 Å². The van der Waals surface area contributed by atoms with Gasteiger partial charge in [0.25, 0.3) is 0 Å². The molecular formula is C31H32F3N3O. The second-order valence-corrected chi connectivity index (χ2v) is 10.2. The van der Waals surface area contributed by atoms with E-state index in [2.05, 4.69) is 52.9 Å². The van der Waals surface area contributed by atoms with E-state index in [9.17, 15) is 18.0 Å². The molecule has 0 aliphatic heterocycles. The highest BCUT2D eigenvalue weighted by molar-refractivity contribution is 6.06. The lowest BCUT2D eigenvalue weighted by molar-refractivity contribution is -0.137. The lowest BCUT2D eigenvalue weighted by atomic mass is 9.77. The van der Waals surface area contributed by atoms with Gasteiger partial charge in [0.2, 0.25) is 0 Å². The van der Waals surface area contributed by atoms with Gasteiger partial charge in [-0.15, -0.1) is 0 Å². The van der Waals surface area contributed by atoms with Crippen molar-refractivity contribution < 1.29 is 18.0 Å². The van der Waals surface area contributed by atoms with Gasteiger partial charge in [0.05, 0.1) is 11.3 Å². The minimum atomic E-state index is -4.42. The highest BCUT2D eigenvalue weighted by atomic mass is 19.4. The molecule has 1 aliphatic rings. The van der Waals surface area contributed by atoms with Crippen molar-refractivity contribution in [2.24, 2.45) is 5.92 Å². The fourth-order valence-corrected chi connectivity index (χ4v) is 5.57. The number of rotatable bonds is 6. The molecule has 1 aromatic heterocycles. The number of alkyl halides is 3. The van der Waals surface area contributed by atoms with Gasteiger partial charge >= 0.3 is 12.2 Å². The molecular weight excluding hydrogens is 487 g/mol. The molecule has 38 heavy (non-hydrogen) atoms. The van der Waals surface area contributed by atoms with Crippen LogP contribution in [0.15, 0.2) is 72.9 Å². The Morgan fingerprint density at radius 1 is 0.895 bits per heavy atom. The van der Waals surface area contributed by atoms with Crippen LogP contribution in [0.1, 0.15) is 62.5 Å². The van der Waals surface area contributed by atoms with E-state index in [0.29, 0.717) is 11.6 Å². The van der Waals surface area contributed by atoms with Crippen LogP contribution in [0.3, 0.4) is 0 Å². The summed E-state index contributed by atoms with van der Waals surface area (Å²) in [6.07, 6.45) is 5.10. The second-order valence-electron chi connectivity index (χ2n) is 10.2. The quantitative estimate of drug-likeness (QED) is 0.233. The Bertz CT molecular complexity index is 1380. The molecule has 0 radical (unpaired) electrons. The summed E-state index contributed by atoms with van der Waals surface area (Å²) < 4.78 is 38.3. The molecule has 0 saturated heterocycles. The lowest BCUT2D eigenvalue weighted by Crippen LogP contribution is -2.19. The second kappa shape index (κ2) is 10.9. The molecule has 1 fully saturated rings. The Hall–Kier alpha value is -3.74. The topological polar surface area (TPSA) is 56.9 Å². The minimum absolute atomic E-state index is 0.273. The van der Waals surface area contributed by atoms with Crippen LogP contribution in [-0.2, 0) is 6.18 Å². The summed E-state index contributed by atoms with van der Waals surface area (Å²) in [4.78, 5) is 15.7. The zero-order valence-electron chi connectivity index (χ0n) is 21.4. The number of amides is 2. The number of aromatic amines is 1. The molecule has 1 saturated carbocycles. The molecule has 1 aliphatic carbocycles. The third-order valence-electron chi connectivity index (χ3n) is 7.66. The Morgan fingerprint density at radius 3 is 2.24 bits per heavy atom. The van der Waals surface area contributed by atoms with Gasteiger partial charge in [-0.05, 0) is 90.6 Å². The van der Waals surface area contributed by atoms with Crippen molar-refractivity contribution >= 4 is 28.3 Å². The van der Waals surface area contributed by atoms with Crippen molar-refractivity contribution in [2.75, 3.05) is 10.6 Å². The Labute approximate surface area is 220 Å². The normalized spacial score (nSPS) is 17.9. The number of carbonyl (C=O) groups is 1. The van der Waals surface area contributed by atoms with Crippen LogP contribution in [0.5, 0.6) is 0 Å². The third-order valence-corrected chi connectivity index (χ3v) is 7.66. The summed E-state index contributed by atoms with van der Waals surface area (Å²) in [5.41, 5.74) is 4.53. The average Bonchev–Trinajstić information content (AvgIpc) is 3.31. The summed E-state index contributed by atoms with van der Waals surface area (Å²) in [7, 11) is 0. The van der Waals surface area contributed by atoms with Gasteiger partial charge in [-0.1, -0.05) is 50.1 Å². The Kier molecular flexibility index (Phi) is 7.45. The number of nitrogens with one attached hydrogen (secondary N) is 3. The molecule has 198 valence electrons. The number of H-pyrrole nitrogens is 1. The summed E-state index contributed by atoms with van der Waals surface area (Å²) in [6.45, 7) is 2.27. The van der Waals surface area contributed by atoms with Crippen molar-refractivity contribution in [1.29, 1.82) is 0 Å². The van der Waals surface area contributed by atoms with Gasteiger partial charge in [-0.25, -0.2) is 4.79 Å². The van der Waals surface area contributed by atoms with E-state index in [1.165, 1.54) is 56.2 Å². The number of aromatic nitrogens is 1. The molecule has 0 unspecified atom stereocenters. The highest BCUT2D eigenvalue weighted by Gasteiger charge is 2.30. The molecule has 7 heteroatoms. The predicted octanol–water partition coefficient (Wildman–Crippen LogP) is 9.57. The van der Waals surface area contributed by atoms with Gasteiger partial charge < -0.3 is 15.6 Å². The largest absolute Gasteiger partial charge is 0.416 e. The molecule has 3 aromatic carbocycles. The number of carbonyl (C=O) groups excluding carboxylic acids is 1. The molecule has 0 atom stereocenters. The van der Waals surface area contributed by atoms with Gasteiger partial charge in [0.1, 0.15) is 0 Å². The Balaban J connectivity index is 1.26. The molecule has 0 bridgehead atoms. The average molecular weight is 520 g/mol. The standard InChI is InChI=1S/C31H32F3N3O/c1-2-3-20-4-6-21(7-5-20)22-8-10-23(11-9-22)24-12-17-28-27(18-24)29(19-35-28)37-30(38)36-26-15-13-25(14-16-26)31(32,33)34/h8-21,35H,2-7H2,1H3,(H2,36,37,38)/t20-,21-. The van der Waals surface area contributed by atoms with E-state index in [-0.39, 0.29) is 5.69 Å². The maximum Gasteiger partial charge on any atom is 0.416 e. The molecule has 0 spiro atoms. The fraction of sp³-hybridized carbons (Fsp3) is 0.323. The zero-order chi connectivity index (χ0) is 26.7. The first kappa shape index (κ1) is 25.9. The highest BCUT2D eigenvalue weighted by Crippen LogP contribution is 2.38. The Morgan fingerprint density at radius 2 is 1.58 bits per heavy atom. The summed E-state index contributed by atoms with van der Waals surface area (Å²) in [5.74, 6) is 1.53. The monoisotopic (exact) mass is 519 g/mol. The number of benzene rings is 3. The molecule has 2 amide bonds. The van der Waals surface area contributed by atoms with Crippen LogP contribution < -0.4 is 10.6 Å². The minimum Gasteiger partial charge on any atom is -0.359 e. The molecule has 1 heterocycles. The summed E-state index contributed by atoms with van der Waals surface area (Å²) in [5, 5.41) is 6.23.